The fourth-order valence-corrected chi connectivity index (χ4v) is 3.22. The number of nitrogens with zero attached hydrogens (tertiary/aromatic N) is 1. The number of benzene rings is 1. The van der Waals surface area contributed by atoms with Crippen LogP contribution in [0.1, 0.15) is 24.2 Å². The summed E-state index contributed by atoms with van der Waals surface area (Å²) >= 11 is 0. The van der Waals surface area contributed by atoms with Crippen LogP contribution < -0.4 is 4.31 Å². The maximum Gasteiger partial charge on any atom is 0.337 e. The third-order valence-electron chi connectivity index (χ3n) is 2.94. The molecule has 0 aromatic heterocycles. The Morgan fingerprint density at radius 1 is 1.28 bits per heavy atom. The van der Waals surface area contributed by atoms with Crippen molar-refractivity contribution in [2.45, 2.75) is 18.6 Å². The lowest BCUT2D eigenvalue weighted by Crippen LogP contribution is -2.67. The first-order valence-corrected chi connectivity index (χ1v) is 6.57. The Hall–Kier alpha value is -1.89. The first-order chi connectivity index (χ1) is 8.21. The topological polar surface area (TPSA) is 91.8 Å². The van der Waals surface area contributed by atoms with Crippen LogP contribution in [0.2, 0.25) is 0 Å². The highest BCUT2D eigenvalue weighted by Gasteiger charge is 2.61. The van der Waals surface area contributed by atoms with Crippen LogP contribution in [-0.4, -0.2) is 30.1 Å². The number of hydrogen-bond donors (Lipinski definition) is 1. The van der Waals surface area contributed by atoms with Gasteiger partial charge in [0.2, 0.25) is 0 Å². The highest BCUT2D eigenvalue weighted by atomic mass is 32.2. The average Bonchev–Trinajstić information content (AvgIpc) is 2.29. The van der Waals surface area contributed by atoms with Gasteiger partial charge in [-0.3, -0.25) is 4.79 Å². The van der Waals surface area contributed by atoms with Gasteiger partial charge in [0.05, 0.1) is 11.3 Å². The molecule has 0 aliphatic carbocycles. The second-order valence-corrected chi connectivity index (χ2v) is 6.74. The molecule has 1 aromatic rings. The minimum absolute atomic E-state index is 0.116. The highest BCUT2D eigenvalue weighted by molar-refractivity contribution is 7.98. The van der Waals surface area contributed by atoms with Crippen molar-refractivity contribution < 1.29 is 23.1 Å². The quantitative estimate of drug-likeness (QED) is 0.859. The van der Waals surface area contributed by atoms with E-state index in [4.69, 9.17) is 5.11 Å². The molecule has 0 spiro atoms. The fourth-order valence-electron chi connectivity index (χ4n) is 1.72. The van der Waals surface area contributed by atoms with Crippen LogP contribution in [-0.2, 0) is 14.8 Å². The summed E-state index contributed by atoms with van der Waals surface area (Å²) in [6, 6.07) is 5.50. The van der Waals surface area contributed by atoms with Gasteiger partial charge in [-0.2, -0.15) is 0 Å². The second-order valence-electron chi connectivity index (χ2n) is 4.41. The Labute approximate surface area is 104 Å². The summed E-state index contributed by atoms with van der Waals surface area (Å²) < 4.78 is 23.0. The van der Waals surface area contributed by atoms with Crippen molar-refractivity contribution in [2.75, 3.05) is 4.31 Å². The van der Waals surface area contributed by atoms with Crippen molar-refractivity contribution in [3.63, 3.8) is 0 Å². The van der Waals surface area contributed by atoms with Gasteiger partial charge in [0.1, 0.15) is 0 Å². The Balaban J connectivity index is 2.60. The van der Waals surface area contributed by atoms with Gasteiger partial charge in [0, 0.05) is 0 Å². The van der Waals surface area contributed by atoms with E-state index in [0.717, 1.165) is 0 Å². The summed E-state index contributed by atoms with van der Waals surface area (Å²) in [6.07, 6.45) is 0. The van der Waals surface area contributed by atoms with Crippen LogP contribution >= 0.6 is 0 Å². The van der Waals surface area contributed by atoms with E-state index in [-0.39, 0.29) is 11.3 Å². The molecule has 2 rings (SSSR count). The molecule has 96 valence electrons. The van der Waals surface area contributed by atoms with E-state index in [0.29, 0.717) is 4.31 Å². The molecule has 0 unspecified atom stereocenters. The smallest absolute Gasteiger partial charge is 0.337 e. The van der Waals surface area contributed by atoms with E-state index in [9.17, 15) is 18.0 Å². The lowest BCUT2D eigenvalue weighted by atomic mass is 10.1. The Morgan fingerprint density at radius 3 is 2.33 bits per heavy atom. The van der Waals surface area contributed by atoms with Crippen LogP contribution in [0.5, 0.6) is 0 Å². The molecule has 1 saturated heterocycles. The zero-order valence-electron chi connectivity index (χ0n) is 9.75. The number of carboxylic acids is 1. The first kappa shape index (κ1) is 12.6. The molecule has 0 radical (unpaired) electrons. The van der Waals surface area contributed by atoms with Gasteiger partial charge in [0.25, 0.3) is 15.9 Å². The SMILES string of the molecule is CC1(C)C(=O)N(c2ccccc2C(=O)O)S1(=O)=O. The number of carboxylic acid groups (broad SMARTS) is 1. The Kier molecular flexibility index (Phi) is 2.48. The van der Waals surface area contributed by atoms with Gasteiger partial charge in [-0.15, -0.1) is 0 Å². The minimum atomic E-state index is -3.84. The van der Waals surface area contributed by atoms with Gasteiger partial charge in [-0.25, -0.2) is 17.5 Å². The van der Waals surface area contributed by atoms with Crippen LogP contribution in [0, 0.1) is 0 Å². The standard InChI is InChI=1S/C11H11NO5S/c1-11(2)10(15)12(18(11,16)17)8-6-4-3-5-7(8)9(13)14/h3-6H,1-2H3,(H,13,14). The summed E-state index contributed by atoms with van der Waals surface area (Å²) in [4.78, 5) is 22.8. The first-order valence-electron chi connectivity index (χ1n) is 5.13. The van der Waals surface area contributed by atoms with Gasteiger partial charge in [0.15, 0.2) is 4.75 Å². The number of carbonyl (C=O) groups is 2. The zero-order chi connectivity index (χ0) is 13.7. The monoisotopic (exact) mass is 269 g/mol. The van der Waals surface area contributed by atoms with E-state index in [1.165, 1.54) is 38.1 Å². The molecule has 1 N–H and O–H groups in total. The minimum Gasteiger partial charge on any atom is -0.478 e. The third kappa shape index (κ3) is 1.37. The maximum absolute atomic E-state index is 12.0. The van der Waals surface area contributed by atoms with Gasteiger partial charge < -0.3 is 5.11 Å². The number of rotatable bonds is 2. The van der Waals surface area contributed by atoms with Crippen LogP contribution in [0.25, 0.3) is 0 Å². The van der Waals surface area contributed by atoms with Crippen LogP contribution in [0.3, 0.4) is 0 Å². The van der Waals surface area contributed by atoms with E-state index >= 15 is 0 Å². The largest absolute Gasteiger partial charge is 0.478 e. The molecule has 18 heavy (non-hydrogen) atoms. The molecular formula is C11H11NO5S. The fraction of sp³-hybridized carbons (Fsp3) is 0.273. The Morgan fingerprint density at radius 2 is 1.83 bits per heavy atom. The van der Waals surface area contributed by atoms with E-state index in [1.54, 1.807) is 0 Å². The summed E-state index contributed by atoms with van der Waals surface area (Å²) in [6.45, 7) is 2.59. The molecule has 7 heteroatoms. The van der Waals surface area contributed by atoms with Crippen molar-refractivity contribution >= 4 is 27.6 Å². The van der Waals surface area contributed by atoms with E-state index < -0.39 is 26.6 Å². The maximum atomic E-state index is 12.0. The molecule has 1 aliphatic heterocycles. The van der Waals surface area contributed by atoms with Gasteiger partial charge >= 0.3 is 5.97 Å². The number of aromatic carboxylic acids is 1. The third-order valence-corrected chi connectivity index (χ3v) is 5.25. The average molecular weight is 269 g/mol. The second kappa shape index (κ2) is 3.55. The molecule has 0 saturated carbocycles. The van der Waals surface area contributed by atoms with Crippen LogP contribution in [0.4, 0.5) is 5.69 Å². The molecule has 1 heterocycles. The summed E-state index contributed by atoms with van der Waals surface area (Å²) in [7, 11) is -3.84. The summed E-state index contributed by atoms with van der Waals surface area (Å²) in [5, 5.41) is 8.99. The van der Waals surface area contributed by atoms with Gasteiger partial charge in [-0.1, -0.05) is 12.1 Å². The number of hydrogen-bond acceptors (Lipinski definition) is 4. The van der Waals surface area contributed by atoms with E-state index in [1.807, 2.05) is 0 Å². The number of para-hydroxylation sites is 1. The summed E-state index contributed by atoms with van der Waals surface area (Å²) in [5.74, 6) is -1.91. The van der Waals surface area contributed by atoms with Crippen molar-refractivity contribution in [3.8, 4) is 0 Å². The zero-order valence-corrected chi connectivity index (χ0v) is 10.6. The Bertz CT molecular complexity index is 647. The van der Waals surface area contributed by atoms with Crippen LogP contribution in [0.15, 0.2) is 24.3 Å². The molecular weight excluding hydrogens is 258 g/mol. The summed E-state index contributed by atoms with van der Waals surface area (Å²) in [5.41, 5.74) is -0.334. The lowest BCUT2D eigenvalue weighted by molar-refractivity contribution is -0.120. The number of sulfonamides is 1. The molecule has 0 atom stereocenters. The molecule has 0 bridgehead atoms. The number of carbonyl (C=O) groups excluding carboxylic acids is 1. The molecule has 1 amide bonds. The normalized spacial score (nSPS) is 20.3. The molecule has 1 aliphatic rings. The number of amides is 1. The van der Waals surface area contributed by atoms with Gasteiger partial charge in [-0.05, 0) is 26.0 Å². The van der Waals surface area contributed by atoms with E-state index in [2.05, 4.69) is 0 Å². The highest BCUT2D eigenvalue weighted by Crippen LogP contribution is 2.40. The number of anilines is 1. The van der Waals surface area contributed by atoms with Crippen molar-refractivity contribution in [2.24, 2.45) is 0 Å². The molecule has 6 nitrogen and oxygen atoms in total. The van der Waals surface area contributed by atoms with Crippen molar-refractivity contribution in [3.05, 3.63) is 29.8 Å². The predicted octanol–water partition coefficient (Wildman–Crippen LogP) is 0.840. The lowest BCUT2D eigenvalue weighted by Gasteiger charge is -2.43. The van der Waals surface area contributed by atoms with Crippen molar-refractivity contribution in [1.29, 1.82) is 0 Å². The molecule has 1 aromatic carbocycles. The molecule has 1 fully saturated rings. The van der Waals surface area contributed by atoms with Crippen molar-refractivity contribution in [1.82, 2.24) is 0 Å². The predicted molar refractivity (Wildman–Crippen MR) is 63.9 cm³/mol.